The minimum atomic E-state index is -3.66. The Hall–Kier alpha value is -1.71. The van der Waals surface area contributed by atoms with Crippen LogP contribution in [0, 0.1) is 11.3 Å². The van der Waals surface area contributed by atoms with Crippen molar-refractivity contribution in [3.05, 3.63) is 29.8 Å². The average Bonchev–Trinajstić information content (AvgIpc) is 2.48. The van der Waals surface area contributed by atoms with Gasteiger partial charge in [0.25, 0.3) is 0 Å². The third-order valence-corrected chi connectivity index (χ3v) is 5.66. The lowest BCUT2D eigenvalue weighted by molar-refractivity contribution is -0.121. The van der Waals surface area contributed by atoms with Crippen molar-refractivity contribution in [2.75, 3.05) is 6.54 Å². The molecule has 0 aromatic heterocycles. The van der Waals surface area contributed by atoms with Crippen LogP contribution in [-0.2, 0) is 21.2 Å². The number of hydrogen-bond donors (Lipinski definition) is 0. The summed E-state index contributed by atoms with van der Waals surface area (Å²) in [5.41, 5.74) is 0.776. The van der Waals surface area contributed by atoms with Gasteiger partial charge < -0.3 is 0 Å². The molecule has 1 atom stereocenters. The van der Waals surface area contributed by atoms with Crippen molar-refractivity contribution in [2.45, 2.75) is 43.5 Å². The summed E-state index contributed by atoms with van der Waals surface area (Å²) in [6, 6.07) is 7.77. The number of carbonyl (C=O) groups excluding carboxylic acids is 1. The Labute approximate surface area is 125 Å². The van der Waals surface area contributed by atoms with Gasteiger partial charge in [-0.1, -0.05) is 18.6 Å². The monoisotopic (exact) mass is 306 g/mol. The Bertz CT molecular complexity index is 659. The zero-order chi connectivity index (χ0) is 15.5. The molecule has 1 saturated heterocycles. The van der Waals surface area contributed by atoms with Gasteiger partial charge in [-0.2, -0.15) is 9.57 Å². The van der Waals surface area contributed by atoms with E-state index >= 15 is 0 Å². The van der Waals surface area contributed by atoms with E-state index in [0.29, 0.717) is 13.0 Å². The summed E-state index contributed by atoms with van der Waals surface area (Å²) < 4.78 is 26.7. The molecule has 0 amide bonds. The molecule has 1 aromatic carbocycles. The van der Waals surface area contributed by atoms with Crippen LogP contribution < -0.4 is 0 Å². The maximum atomic E-state index is 12.7. The molecule has 1 fully saturated rings. The van der Waals surface area contributed by atoms with Gasteiger partial charge in [0.1, 0.15) is 5.78 Å². The molecule has 0 aliphatic carbocycles. The van der Waals surface area contributed by atoms with Crippen LogP contribution in [0.3, 0.4) is 0 Å². The zero-order valence-electron chi connectivity index (χ0n) is 11.9. The number of carbonyl (C=O) groups is 1. The van der Waals surface area contributed by atoms with E-state index in [1.807, 2.05) is 6.07 Å². The molecular formula is C15H18N2O3S. The van der Waals surface area contributed by atoms with E-state index in [1.165, 1.54) is 23.4 Å². The zero-order valence-corrected chi connectivity index (χ0v) is 12.8. The average molecular weight is 306 g/mol. The molecule has 0 radical (unpaired) electrons. The highest BCUT2D eigenvalue weighted by Gasteiger charge is 2.35. The third-order valence-electron chi connectivity index (χ3n) is 3.74. The highest BCUT2D eigenvalue weighted by Crippen LogP contribution is 2.26. The fourth-order valence-electron chi connectivity index (χ4n) is 2.60. The maximum Gasteiger partial charge on any atom is 0.243 e. The Morgan fingerprint density at radius 3 is 2.57 bits per heavy atom. The highest BCUT2D eigenvalue weighted by molar-refractivity contribution is 7.89. The molecule has 1 heterocycles. The molecule has 1 unspecified atom stereocenters. The van der Waals surface area contributed by atoms with Crippen LogP contribution in [0.4, 0.5) is 0 Å². The number of hydrogen-bond acceptors (Lipinski definition) is 4. The van der Waals surface area contributed by atoms with Gasteiger partial charge in [-0.05, 0) is 37.5 Å². The maximum absolute atomic E-state index is 12.7. The van der Waals surface area contributed by atoms with Gasteiger partial charge in [0.15, 0.2) is 0 Å². The molecule has 1 aromatic rings. The standard InChI is InChI=1S/C15H18N2O3S/c1-12(18)15-4-2-3-11-17(15)21(19,20)14-7-5-13(6-8-14)9-10-16/h5-8,15H,2-4,9,11H2,1H3. The topological polar surface area (TPSA) is 78.2 Å². The van der Waals surface area contributed by atoms with Gasteiger partial charge in [-0.15, -0.1) is 0 Å². The van der Waals surface area contributed by atoms with Gasteiger partial charge >= 0.3 is 0 Å². The lowest BCUT2D eigenvalue weighted by atomic mass is 10.0. The highest BCUT2D eigenvalue weighted by atomic mass is 32.2. The summed E-state index contributed by atoms with van der Waals surface area (Å²) >= 11 is 0. The summed E-state index contributed by atoms with van der Waals surface area (Å²) in [5.74, 6) is -0.112. The minimum Gasteiger partial charge on any atom is -0.298 e. The van der Waals surface area contributed by atoms with E-state index in [2.05, 4.69) is 0 Å². The van der Waals surface area contributed by atoms with Crippen LogP contribution >= 0.6 is 0 Å². The van der Waals surface area contributed by atoms with Crippen LogP contribution in [0.25, 0.3) is 0 Å². The van der Waals surface area contributed by atoms with Crippen molar-refractivity contribution in [3.63, 3.8) is 0 Å². The first-order chi connectivity index (χ1) is 9.96. The van der Waals surface area contributed by atoms with Gasteiger partial charge in [0.05, 0.1) is 23.4 Å². The second kappa shape index (κ2) is 6.37. The molecule has 1 aliphatic heterocycles. The van der Waals surface area contributed by atoms with Gasteiger partial charge in [-0.25, -0.2) is 8.42 Å². The van der Waals surface area contributed by atoms with Crippen molar-refractivity contribution in [1.82, 2.24) is 4.31 Å². The summed E-state index contributed by atoms with van der Waals surface area (Å²) in [6.45, 7) is 1.82. The fraction of sp³-hybridized carbons (Fsp3) is 0.467. The fourth-order valence-corrected chi connectivity index (χ4v) is 4.31. The van der Waals surface area contributed by atoms with Crippen LogP contribution in [0.15, 0.2) is 29.2 Å². The van der Waals surface area contributed by atoms with E-state index in [4.69, 9.17) is 5.26 Å². The summed E-state index contributed by atoms with van der Waals surface area (Å²) in [7, 11) is -3.66. The molecule has 1 aliphatic rings. The third kappa shape index (κ3) is 3.31. The first kappa shape index (κ1) is 15.7. The van der Waals surface area contributed by atoms with Crippen molar-refractivity contribution in [2.24, 2.45) is 0 Å². The number of nitrogens with zero attached hydrogens (tertiary/aromatic N) is 2. The Morgan fingerprint density at radius 1 is 1.33 bits per heavy atom. The summed E-state index contributed by atoms with van der Waals surface area (Å²) in [4.78, 5) is 11.9. The number of rotatable bonds is 4. The lowest BCUT2D eigenvalue weighted by Gasteiger charge is -2.33. The Kier molecular flexibility index (Phi) is 4.76. The van der Waals surface area contributed by atoms with Crippen molar-refractivity contribution in [3.8, 4) is 6.07 Å². The second-order valence-electron chi connectivity index (χ2n) is 5.22. The first-order valence-corrected chi connectivity index (χ1v) is 8.39. The molecule has 112 valence electrons. The summed E-state index contributed by atoms with van der Waals surface area (Å²) in [5, 5.41) is 8.63. The number of sulfonamides is 1. The van der Waals surface area contributed by atoms with E-state index in [-0.39, 0.29) is 17.1 Å². The molecular weight excluding hydrogens is 288 g/mol. The molecule has 2 rings (SSSR count). The van der Waals surface area contributed by atoms with Crippen LogP contribution in [0.2, 0.25) is 0 Å². The first-order valence-electron chi connectivity index (χ1n) is 6.95. The van der Waals surface area contributed by atoms with Gasteiger partial charge in [0, 0.05) is 6.54 Å². The normalized spacial score (nSPS) is 19.9. The number of nitriles is 1. The predicted octanol–water partition coefficient (Wildman–Crippen LogP) is 1.88. The van der Waals surface area contributed by atoms with Crippen LogP contribution in [0.1, 0.15) is 31.7 Å². The molecule has 5 nitrogen and oxygen atoms in total. The largest absolute Gasteiger partial charge is 0.298 e. The van der Waals surface area contributed by atoms with E-state index in [1.54, 1.807) is 12.1 Å². The smallest absolute Gasteiger partial charge is 0.243 e. The van der Waals surface area contributed by atoms with Crippen LogP contribution in [0.5, 0.6) is 0 Å². The number of ketones is 1. The molecule has 0 bridgehead atoms. The number of Topliss-reactive ketones (excluding diaryl/α,β-unsaturated/α-hetero) is 1. The molecule has 21 heavy (non-hydrogen) atoms. The Morgan fingerprint density at radius 2 is 2.00 bits per heavy atom. The summed E-state index contributed by atoms with van der Waals surface area (Å²) in [6.07, 6.45) is 2.48. The number of piperidine rings is 1. The van der Waals surface area contributed by atoms with Gasteiger partial charge in [-0.3, -0.25) is 4.79 Å². The molecule has 0 N–H and O–H groups in total. The molecule has 0 saturated carbocycles. The second-order valence-corrected chi connectivity index (χ2v) is 7.11. The predicted molar refractivity (Wildman–Crippen MR) is 78.0 cm³/mol. The minimum absolute atomic E-state index is 0.112. The van der Waals surface area contributed by atoms with E-state index in [9.17, 15) is 13.2 Å². The number of benzene rings is 1. The van der Waals surface area contributed by atoms with Crippen molar-refractivity contribution in [1.29, 1.82) is 5.26 Å². The molecule has 6 heteroatoms. The van der Waals surface area contributed by atoms with Crippen molar-refractivity contribution >= 4 is 15.8 Å². The van der Waals surface area contributed by atoms with E-state index in [0.717, 1.165) is 18.4 Å². The molecule has 0 spiro atoms. The lowest BCUT2D eigenvalue weighted by Crippen LogP contribution is -2.47. The quantitative estimate of drug-likeness (QED) is 0.851. The SMILES string of the molecule is CC(=O)C1CCCCN1S(=O)(=O)c1ccc(CC#N)cc1. The van der Waals surface area contributed by atoms with E-state index < -0.39 is 16.1 Å². The Balaban J connectivity index is 2.31. The van der Waals surface area contributed by atoms with Crippen LogP contribution in [-0.4, -0.2) is 31.1 Å². The van der Waals surface area contributed by atoms with Crippen molar-refractivity contribution < 1.29 is 13.2 Å². The van der Waals surface area contributed by atoms with Gasteiger partial charge in [0.2, 0.25) is 10.0 Å².